The van der Waals surface area contributed by atoms with Crippen molar-refractivity contribution in [2.45, 2.75) is 57.6 Å². The van der Waals surface area contributed by atoms with Crippen LogP contribution in [-0.4, -0.2) is 23.6 Å². The van der Waals surface area contributed by atoms with E-state index in [1.165, 1.54) is 12.1 Å². The van der Waals surface area contributed by atoms with Gasteiger partial charge in [0.15, 0.2) is 23.1 Å². The van der Waals surface area contributed by atoms with Gasteiger partial charge < -0.3 is 14.4 Å². The number of hydrogen-bond donors (Lipinski definition) is 0. The summed E-state index contributed by atoms with van der Waals surface area (Å²) in [5, 5.41) is 0. The van der Waals surface area contributed by atoms with Crippen LogP contribution in [0.25, 0.3) is 0 Å². The van der Waals surface area contributed by atoms with Crippen molar-refractivity contribution in [1.82, 2.24) is 4.90 Å². The molecule has 0 aromatic heterocycles. The lowest BCUT2D eigenvalue weighted by Crippen LogP contribution is -2.38. The molecule has 204 valence electrons. The maximum atomic E-state index is 13.6. The summed E-state index contributed by atoms with van der Waals surface area (Å²) in [6.07, 6.45) is 4.20. The smallest absolute Gasteiger partial charge is 0.161 e. The Morgan fingerprint density at radius 3 is 2.10 bits per heavy atom. The third-order valence-electron chi connectivity index (χ3n) is 8.07. The van der Waals surface area contributed by atoms with Gasteiger partial charge in [0.05, 0.1) is 7.11 Å². The van der Waals surface area contributed by atoms with Gasteiger partial charge in [-0.3, -0.25) is 9.59 Å². The van der Waals surface area contributed by atoms with Crippen molar-refractivity contribution < 1.29 is 23.5 Å². The predicted octanol–water partition coefficient (Wildman–Crippen LogP) is 7.03. The van der Waals surface area contributed by atoms with Crippen LogP contribution in [0.1, 0.15) is 61.1 Å². The molecule has 3 aromatic rings. The normalized spacial score (nSPS) is 17.6. The summed E-state index contributed by atoms with van der Waals surface area (Å²) in [5.74, 6) is 0.509. The highest BCUT2D eigenvalue weighted by Gasteiger charge is 2.43. The number of nitrogens with zero attached hydrogens (tertiary/aromatic N) is 1. The van der Waals surface area contributed by atoms with Crippen LogP contribution >= 0.6 is 0 Å². The molecule has 0 saturated carbocycles. The maximum absolute atomic E-state index is 13.6. The molecule has 0 amide bonds. The van der Waals surface area contributed by atoms with E-state index in [0.29, 0.717) is 36.4 Å². The zero-order chi connectivity index (χ0) is 27.6. The maximum Gasteiger partial charge on any atom is 0.161 e. The molecule has 0 spiro atoms. The minimum Gasteiger partial charge on any atom is -0.493 e. The van der Waals surface area contributed by atoms with E-state index in [9.17, 15) is 14.0 Å². The van der Waals surface area contributed by atoms with E-state index in [1.54, 1.807) is 19.2 Å². The highest BCUT2D eigenvalue weighted by molar-refractivity contribution is 6.06. The monoisotopic (exact) mass is 537 g/mol. The fraction of sp³-hybridized carbons (Fsp3) is 0.294. The van der Waals surface area contributed by atoms with Crippen molar-refractivity contribution >= 4 is 11.6 Å². The molecular formula is C34H32FNO4. The van der Waals surface area contributed by atoms with E-state index in [2.05, 4.69) is 17.0 Å². The first-order chi connectivity index (χ1) is 19.5. The molecule has 0 radical (unpaired) electrons. The Kier molecular flexibility index (Phi) is 7.25. The lowest BCUT2D eigenvalue weighted by atomic mass is 9.71. The fourth-order valence-corrected chi connectivity index (χ4v) is 6.28. The Morgan fingerprint density at radius 2 is 1.45 bits per heavy atom. The van der Waals surface area contributed by atoms with Crippen LogP contribution in [0.3, 0.4) is 0 Å². The van der Waals surface area contributed by atoms with Crippen molar-refractivity contribution in [3.8, 4) is 11.5 Å². The lowest BCUT2D eigenvalue weighted by Gasteiger charge is -2.44. The molecule has 3 aromatic carbocycles. The average Bonchev–Trinajstić information content (AvgIpc) is 2.97. The number of ether oxygens (including phenoxy) is 2. The van der Waals surface area contributed by atoms with Crippen molar-refractivity contribution in [3.63, 3.8) is 0 Å². The molecule has 0 N–H and O–H groups in total. The molecule has 0 atom stereocenters. The summed E-state index contributed by atoms with van der Waals surface area (Å²) >= 11 is 0. The number of Topliss-reactive ketones (excluding diaryl/α,β-unsaturated/α-hetero) is 2. The number of carbonyl (C=O) groups excluding carboxylic acids is 2. The van der Waals surface area contributed by atoms with Crippen LogP contribution in [0.4, 0.5) is 4.39 Å². The number of carbonyl (C=O) groups is 2. The number of ketones is 2. The van der Waals surface area contributed by atoms with Gasteiger partial charge >= 0.3 is 0 Å². The second-order valence-electron chi connectivity index (χ2n) is 10.6. The molecule has 0 saturated heterocycles. The van der Waals surface area contributed by atoms with E-state index in [4.69, 9.17) is 9.47 Å². The van der Waals surface area contributed by atoms with Crippen LogP contribution in [-0.2, 0) is 22.7 Å². The van der Waals surface area contributed by atoms with Crippen LogP contribution in [0.15, 0.2) is 95.3 Å². The first kappa shape index (κ1) is 26.1. The number of rotatable bonds is 7. The van der Waals surface area contributed by atoms with E-state index < -0.39 is 5.92 Å². The molecule has 2 aliphatic carbocycles. The van der Waals surface area contributed by atoms with Gasteiger partial charge in [-0.15, -0.1) is 0 Å². The minimum absolute atomic E-state index is 0.111. The number of methoxy groups -OCH3 is 1. The third kappa shape index (κ3) is 4.94. The van der Waals surface area contributed by atoms with Crippen LogP contribution < -0.4 is 9.47 Å². The van der Waals surface area contributed by atoms with Crippen molar-refractivity contribution in [1.29, 1.82) is 0 Å². The number of halogens is 1. The zero-order valence-corrected chi connectivity index (χ0v) is 22.6. The molecule has 5 nitrogen and oxygen atoms in total. The van der Waals surface area contributed by atoms with Crippen LogP contribution in [0.5, 0.6) is 11.5 Å². The predicted molar refractivity (Wildman–Crippen MR) is 150 cm³/mol. The van der Waals surface area contributed by atoms with E-state index in [1.807, 2.05) is 36.4 Å². The van der Waals surface area contributed by atoms with Gasteiger partial charge in [-0.05, 0) is 66.6 Å². The van der Waals surface area contributed by atoms with Crippen LogP contribution in [0, 0.1) is 5.82 Å². The Labute approximate surface area is 233 Å². The lowest BCUT2D eigenvalue weighted by molar-refractivity contribution is -0.117. The molecule has 40 heavy (non-hydrogen) atoms. The van der Waals surface area contributed by atoms with E-state index >= 15 is 0 Å². The summed E-state index contributed by atoms with van der Waals surface area (Å²) in [4.78, 5) is 29.5. The first-order valence-electron chi connectivity index (χ1n) is 13.9. The molecule has 0 bridgehead atoms. The average molecular weight is 538 g/mol. The van der Waals surface area contributed by atoms with Crippen molar-refractivity contribution in [2.24, 2.45) is 0 Å². The van der Waals surface area contributed by atoms with Gasteiger partial charge in [-0.25, -0.2) is 4.39 Å². The standard InChI is InChI=1S/C34H32FNO4/c1-39-31-19-24(16-17-30(31)40-21-23-10-5-11-25(35)18-23)32-33-26(12-6-14-28(33)37)36(20-22-8-3-2-4-9-22)27-13-7-15-29(38)34(27)32/h2-5,8-11,16-19,32H,6-7,12-15,20-21H2,1H3. The quantitative estimate of drug-likeness (QED) is 0.324. The van der Waals surface area contributed by atoms with Gasteiger partial charge in [0.2, 0.25) is 0 Å². The van der Waals surface area contributed by atoms with Gasteiger partial charge in [0.1, 0.15) is 12.4 Å². The Bertz CT molecular complexity index is 1480. The van der Waals surface area contributed by atoms with Crippen molar-refractivity contribution in [3.05, 3.63) is 118 Å². The largest absolute Gasteiger partial charge is 0.493 e. The second-order valence-corrected chi connectivity index (χ2v) is 10.6. The number of allylic oxidation sites excluding steroid dienone is 4. The summed E-state index contributed by atoms with van der Waals surface area (Å²) in [5.41, 5.74) is 6.28. The topological polar surface area (TPSA) is 55.8 Å². The summed E-state index contributed by atoms with van der Waals surface area (Å²) < 4.78 is 25.3. The molecule has 3 aliphatic rings. The van der Waals surface area contributed by atoms with Crippen molar-refractivity contribution in [2.75, 3.05) is 7.11 Å². The number of benzene rings is 3. The highest BCUT2D eigenvalue weighted by atomic mass is 19.1. The SMILES string of the molecule is COc1cc(C2C3=C(CCCC3=O)N(Cc3ccccc3)C3=C2C(=O)CCC3)ccc1OCc1cccc(F)c1. The first-order valence-corrected chi connectivity index (χ1v) is 13.9. The summed E-state index contributed by atoms with van der Waals surface area (Å²) in [6, 6.07) is 22.2. The molecule has 1 aliphatic heterocycles. The minimum atomic E-state index is -0.427. The molecule has 6 rings (SSSR count). The third-order valence-corrected chi connectivity index (χ3v) is 8.07. The van der Waals surface area contributed by atoms with Gasteiger partial charge in [0.25, 0.3) is 0 Å². The van der Waals surface area contributed by atoms with Gasteiger partial charge in [-0.2, -0.15) is 0 Å². The second kappa shape index (κ2) is 11.1. The van der Waals surface area contributed by atoms with E-state index in [-0.39, 0.29) is 24.0 Å². The Morgan fingerprint density at radius 1 is 0.775 bits per heavy atom. The zero-order valence-electron chi connectivity index (χ0n) is 22.6. The fourth-order valence-electron chi connectivity index (χ4n) is 6.28. The van der Waals surface area contributed by atoms with Gasteiger partial charge in [-0.1, -0.05) is 48.5 Å². The number of hydrogen-bond acceptors (Lipinski definition) is 5. The van der Waals surface area contributed by atoms with Gasteiger partial charge in [0, 0.05) is 47.8 Å². The highest BCUT2D eigenvalue weighted by Crippen LogP contribution is 2.50. The summed E-state index contributed by atoms with van der Waals surface area (Å²) in [6.45, 7) is 0.828. The van der Waals surface area contributed by atoms with E-state index in [0.717, 1.165) is 59.4 Å². The molecule has 6 heteroatoms. The molecule has 0 unspecified atom stereocenters. The molecular weight excluding hydrogens is 505 g/mol. The molecule has 1 heterocycles. The Hall–Kier alpha value is -4.19. The van der Waals surface area contributed by atoms with Crippen LogP contribution in [0.2, 0.25) is 0 Å². The molecule has 0 fully saturated rings. The Balaban J connectivity index is 1.41. The summed E-state index contributed by atoms with van der Waals surface area (Å²) in [7, 11) is 1.57.